The van der Waals surface area contributed by atoms with Crippen LogP contribution in [0.1, 0.15) is 0 Å². The molecule has 1 heterocycles. The van der Waals surface area contributed by atoms with Gasteiger partial charge in [-0.05, 0) is 0 Å². The third-order valence-corrected chi connectivity index (χ3v) is 2.18. The van der Waals surface area contributed by atoms with Crippen molar-refractivity contribution in [3.05, 3.63) is 0 Å². The molecule has 1 fully saturated rings. The first-order chi connectivity index (χ1) is 2.89. The van der Waals surface area contributed by atoms with Gasteiger partial charge in [0.25, 0.3) is 0 Å². The molecule has 6 heavy (non-hydrogen) atoms. The molecule has 36 valence electrons. The summed E-state index contributed by atoms with van der Waals surface area (Å²) in [7, 11) is 0. The second-order valence-corrected chi connectivity index (χ2v) is 2.99. The molecule has 0 bridgehead atoms. The van der Waals surface area contributed by atoms with Crippen molar-refractivity contribution in [1.29, 1.82) is 0 Å². The van der Waals surface area contributed by atoms with Gasteiger partial charge in [-0.15, -0.1) is 0 Å². The van der Waals surface area contributed by atoms with Crippen LogP contribution < -0.4 is 0 Å². The molecule has 4 heteroatoms. The summed E-state index contributed by atoms with van der Waals surface area (Å²) in [5.41, 5.74) is 0. The summed E-state index contributed by atoms with van der Waals surface area (Å²) < 4.78 is 17.7. The Morgan fingerprint density at radius 2 is 1.83 bits per heavy atom. The number of hydrogen-bond donors (Lipinski definition) is 1. The molecule has 0 atom stereocenters. The van der Waals surface area contributed by atoms with Crippen molar-refractivity contribution in [3.8, 4) is 0 Å². The van der Waals surface area contributed by atoms with Crippen molar-refractivity contribution >= 4 is 15.7 Å². The number of hydrogen-bond acceptors (Lipinski definition) is 3. The Morgan fingerprint density at radius 3 is 2.00 bits per heavy atom. The first kappa shape index (κ1) is 4.59. The average molecular weight is 152 g/mol. The molecule has 1 rings (SSSR count). The summed E-state index contributed by atoms with van der Waals surface area (Å²) >= 11 is -2.10. The van der Waals surface area contributed by atoms with E-state index >= 15 is 0 Å². The van der Waals surface area contributed by atoms with Crippen molar-refractivity contribution in [3.63, 3.8) is 0 Å². The van der Waals surface area contributed by atoms with Gasteiger partial charge >= 0.3 is 40.4 Å². The van der Waals surface area contributed by atoms with E-state index in [1.54, 1.807) is 0 Å². The van der Waals surface area contributed by atoms with Gasteiger partial charge in [-0.2, -0.15) is 0 Å². The predicted octanol–water partition coefficient (Wildman–Crippen LogP) is -0.990. The topological polar surface area (TPSA) is 38.7 Å². The van der Waals surface area contributed by atoms with E-state index < -0.39 is 15.7 Å². The van der Waals surface area contributed by atoms with Crippen LogP contribution in [-0.2, 0) is 7.45 Å². The first-order valence-electron chi connectivity index (χ1n) is 1.64. The van der Waals surface area contributed by atoms with Gasteiger partial charge in [-0.3, -0.25) is 0 Å². The molecule has 0 spiro atoms. The average Bonchev–Trinajstić information content (AvgIpc) is 1.86. The molecule has 0 aromatic heterocycles. The van der Waals surface area contributed by atoms with Gasteiger partial charge in [-0.1, -0.05) is 0 Å². The van der Waals surface area contributed by atoms with Crippen molar-refractivity contribution in [2.45, 2.75) is 0 Å². The van der Waals surface area contributed by atoms with E-state index in [4.69, 9.17) is 4.10 Å². The second-order valence-electron chi connectivity index (χ2n) is 0.904. The van der Waals surface area contributed by atoms with Crippen LogP contribution in [0.3, 0.4) is 0 Å². The van der Waals surface area contributed by atoms with Gasteiger partial charge in [0, 0.05) is 0 Å². The quantitative estimate of drug-likeness (QED) is 0.453. The third-order valence-electron chi connectivity index (χ3n) is 0.487. The SMILES string of the molecule is O[As]1OCCO1. The molecule has 3 nitrogen and oxygen atoms in total. The van der Waals surface area contributed by atoms with E-state index in [1.165, 1.54) is 0 Å². The summed E-state index contributed by atoms with van der Waals surface area (Å²) in [6.45, 7) is 1.16. The van der Waals surface area contributed by atoms with E-state index in [9.17, 15) is 0 Å². The van der Waals surface area contributed by atoms with Gasteiger partial charge < -0.3 is 0 Å². The minimum atomic E-state index is -2.10. The van der Waals surface area contributed by atoms with Crippen molar-refractivity contribution in [1.82, 2.24) is 0 Å². The van der Waals surface area contributed by atoms with Crippen LogP contribution >= 0.6 is 0 Å². The maximum absolute atomic E-state index is 8.43. The van der Waals surface area contributed by atoms with E-state index in [1.807, 2.05) is 0 Å². The summed E-state index contributed by atoms with van der Waals surface area (Å²) in [4.78, 5) is 0. The van der Waals surface area contributed by atoms with Gasteiger partial charge in [-0.25, -0.2) is 0 Å². The molecule has 0 amide bonds. The van der Waals surface area contributed by atoms with E-state index in [-0.39, 0.29) is 0 Å². The zero-order chi connectivity index (χ0) is 4.41. The van der Waals surface area contributed by atoms with Crippen molar-refractivity contribution in [2.24, 2.45) is 0 Å². The Morgan fingerprint density at radius 1 is 1.33 bits per heavy atom. The summed E-state index contributed by atoms with van der Waals surface area (Å²) in [5, 5.41) is 0. The normalized spacial score (nSPS) is 25.5. The molecule has 0 saturated carbocycles. The Labute approximate surface area is 41.2 Å². The van der Waals surface area contributed by atoms with Crippen LogP contribution in [0.2, 0.25) is 0 Å². The van der Waals surface area contributed by atoms with Gasteiger partial charge in [0.1, 0.15) is 0 Å². The molecule has 0 radical (unpaired) electrons. The third kappa shape index (κ3) is 0.948. The van der Waals surface area contributed by atoms with E-state index in [0.717, 1.165) is 0 Å². The summed E-state index contributed by atoms with van der Waals surface area (Å²) in [6.07, 6.45) is 0. The Kier molecular flexibility index (Phi) is 1.48. The molecule has 1 aliphatic heterocycles. The fraction of sp³-hybridized carbons (Fsp3) is 1.00. The molecule has 0 aliphatic carbocycles. The fourth-order valence-electron chi connectivity index (χ4n) is 0.268. The molecule has 1 aliphatic rings. The van der Waals surface area contributed by atoms with Crippen LogP contribution in [0.15, 0.2) is 0 Å². The predicted molar refractivity (Wildman–Crippen MR) is 19.9 cm³/mol. The van der Waals surface area contributed by atoms with Gasteiger partial charge in [0.15, 0.2) is 0 Å². The fourth-order valence-corrected chi connectivity index (χ4v) is 1.39. The van der Waals surface area contributed by atoms with Crippen molar-refractivity contribution < 1.29 is 11.5 Å². The van der Waals surface area contributed by atoms with Crippen LogP contribution in [0.5, 0.6) is 0 Å². The monoisotopic (exact) mass is 152 g/mol. The Hall–Kier alpha value is 0.438. The molecule has 0 aromatic rings. The van der Waals surface area contributed by atoms with Crippen LogP contribution in [-0.4, -0.2) is 33.0 Å². The Balaban J connectivity index is 2.18. The molecule has 0 unspecified atom stereocenters. The van der Waals surface area contributed by atoms with Gasteiger partial charge in [0.05, 0.1) is 0 Å². The molecule has 0 aromatic carbocycles. The zero-order valence-electron chi connectivity index (χ0n) is 3.13. The summed E-state index contributed by atoms with van der Waals surface area (Å²) in [5.74, 6) is 0. The number of rotatable bonds is 0. The standard InChI is InChI=1S/C2H5AsO3/c4-3-5-1-2-6-3/h4H,1-2H2. The summed E-state index contributed by atoms with van der Waals surface area (Å²) in [6, 6.07) is 0. The molecular formula is C2H5AsO3. The van der Waals surface area contributed by atoms with Crippen molar-refractivity contribution in [2.75, 3.05) is 13.2 Å². The molecule has 1 saturated heterocycles. The van der Waals surface area contributed by atoms with Crippen LogP contribution in [0.4, 0.5) is 0 Å². The molecular weight excluding hydrogens is 147 g/mol. The van der Waals surface area contributed by atoms with Crippen LogP contribution in [0, 0.1) is 0 Å². The minimum absolute atomic E-state index is 0.580. The van der Waals surface area contributed by atoms with E-state index in [2.05, 4.69) is 7.45 Å². The molecule has 1 N–H and O–H groups in total. The van der Waals surface area contributed by atoms with Gasteiger partial charge in [0.2, 0.25) is 0 Å². The van der Waals surface area contributed by atoms with E-state index in [0.29, 0.717) is 13.2 Å². The zero-order valence-corrected chi connectivity index (χ0v) is 5.00. The Bertz CT molecular complexity index is 42.1. The maximum atomic E-state index is 8.43. The second kappa shape index (κ2) is 1.94. The van der Waals surface area contributed by atoms with Crippen LogP contribution in [0.25, 0.3) is 0 Å². The first-order valence-corrected chi connectivity index (χ1v) is 4.01.